The maximum Gasteiger partial charge on any atom is 0.257 e. The van der Waals surface area contributed by atoms with Crippen LogP contribution in [0, 0.1) is 0 Å². The van der Waals surface area contributed by atoms with Crippen LogP contribution in [0.1, 0.15) is 10.4 Å². The molecule has 0 aliphatic carbocycles. The van der Waals surface area contributed by atoms with Crippen molar-refractivity contribution in [1.82, 2.24) is 19.0 Å². The molecule has 0 N–H and O–H groups in total. The molecule has 1 saturated heterocycles. The van der Waals surface area contributed by atoms with E-state index >= 15 is 0 Å². The Morgan fingerprint density at radius 3 is 2.35 bits per heavy atom. The SMILES string of the molecule is CS(=O)(=O)N1CCN(C(=O)c2cnn(-c3ccccc3)c2)CC1. The lowest BCUT2D eigenvalue weighted by atomic mass is 10.2. The lowest BCUT2D eigenvalue weighted by molar-refractivity contribution is 0.0698. The first kappa shape index (κ1) is 15.7. The first-order valence-electron chi connectivity index (χ1n) is 7.29. The van der Waals surface area contributed by atoms with Gasteiger partial charge >= 0.3 is 0 Å². The van der Waals surface area contributed by atoms with Crippen molar-refractivity contribution in [1.29, 1.82) is 0 Å². The molecule has 0 radical (unpaired) electrons. The van der Waals surface area contributed by atoms with Gasteiger partial charge in [-0.05, 0) is 12.1 Å². The van der Waals surface area contributed by atoms with Crippen molar-refractivity contribution in [2.24, 2.45) is 0 Å². The van der Waals surface area contributed by atoms with Crippen molar-refractivity contribution in [2.45, 2.75) is 0 Å². The molecule has 0 unspecified atom stereocenters. The smallest absolute Gasteiger partial charge is 0.257 e. The summed E-state index contributed by atoms with van der Waals surface area (Å²) >= 11 is 0. The highest BCUT2D eigenvalue weighted by Crippen LogP contribution is 2.12. The predicted molar refractivity (Wildman–Crippen MR) is 85.9 cm³/mol. The van der Waals surface area contributed by atoms with Crippen molar-refractivity contribution < 1.29 is 13.2 Å². The third-order valence-corrected chi connectivity index (χ3v) is 5.15. The number of benzene rings is 1. The Labute approximate surface area is 135 Å². The Kier molecular flexibility index (Phi) is 4.18. The van der Waals surface area contributed by atoms with Gasteiger partial charge in [-0.3, -0.25) is 4.79 Å². The van der Waals surface area contributed by atoms with E-state index in [4.69, 9.17) is 0 Å². The van der Waals surface area contributed by atoms with Crippen LogP contribution in [0.5, 0.6) is 0 Å². The number of para-hydroxylation sites is 1. The van der Waals surface area contributed by atoms with Crippen molar-refractivity contribution in [3.05, 3.63) is 48.3 Å². The minimum atomic E-state index is -3.19. The maximum atomic E-state index is 12.5. The molecule has 3 rings (SSSR count). The number of carbonyl (C=O) groups is 1. The van der Waals surface area contributed by atoms with Crippen LogP contribution in [0.4, 0.5) is 0 Å². The fourth-order valence-corrected chi connectivity index (χ4v) is 3.39. The van der Waals surface area contributed by atoms with Gasteiger partial charge in [0.05, 0.1) is 23.7 Å². The van der Waals surface area contributed by atoms with E-state index in [1.807, 2.05) is 30.3 Å². The minimum Gasteiger partial charge on any atom is -0.336 e. The van der Waals surface area contributed by atoms with Crippen LogP contribution >= 0.6 is 0 Å². The number of hydrogen-bond acceptors (Lipinski definition) is 4. The highest BCUT2D eigenvalue weighted by Gasteiger charge is 2.27. The van der Waals surface area contributed by atoms with Gasteiger partial charge in [-0.2, -0.15) is 9.40 Å². The zero-order valence-corrected chi connectivity index (χ0v) is 13.6. The second-order valence-electron chi connectivity index (χ2n) is 5.46. The Bertz CT molecular complexity index is 793. The van der Waals surface area contributed by atoms with Crippen molar-refractivity contribution in [3.63, 3.8) is 0 Å². The van der Waals surface area contributed by atoms with Gasteiger partial charge in [0.1, 0.15) is 0 Å². The molecule has 1 amide bonds. The van der Waals surface area contributed by atoms with Crippen molar-refractivity contribution in [2.75, 3.05) is 32.4 Å². The highest BCUT2D eigenvalue weighted by atomic mass is 32.2. The average Bonchev–Trinajstić information content (AvgIpc) is 3.04. The highest BCUT2D eigenvalue weighted by molar-refractivity contribution is 7.88. The molecule has 23 heavy (non-hydrogen) atoms. The van der Waals surface area contributed by atoms with Gasteiger partial charge in [0.2, 0.25) is 10.0 Å². The lowest BCUT2D eigenvalue weighted by Gasteiger charge is -2.33. The summed E-state index contributed by atoms with van der Waals surface area (Å²) in [4.78, 5) is 14.2. The van der Waals surface area contributed by atoms with E-state index in [0.29, 0.717) is 31.7 Å². The normalized spacial score (nSPS) is 16.5. The van der Waals surface area contributed by atoms with Crippen LogP contribution in [-0.4, -0.2) is 65.7 Å². The van der Waals surface area contributed by atoms with Gasteiger partial charge in [0.25, 0.3) is 5.91 Å². The van der Waals surface area contributed by atoms with Gasteiger partial charge in [-0.1, -0.05) is 18.2 Å². The van der Waals surface area contributed by atoms with Crippen LogP contribution in [0.25, 0.3) is 5.69 Å². The Balaban J connectivity index is 1.69. The number of nitrogens with zero attached hydrogens (tertiary/aromatic N) is 4. The van der Waals surface area contributed by atoms with Gasteiger partial charge in [0.15, 0.2) is 0 Å². The summed E-state index contributed by atoms with van der Waals surface area (Å²) in [7, 11) is -3.19. The molecule has 8 heteroatoms. The molecule has 0 spiro atoms. The summed E-state index contributed by atoms with van der Waals surface area (Å²) in [6, 6.07) is 9.55. The van der Waals surface area contributed by atoms with Crippen molar-refractivity contribution >= 4 is 15.9 Å². The monoisotopic (exact) mass is 334 g/mol. The number of aromatic nitrogens is 2. The quantitative estimate of drug-likeness (QED) is 0.823. The zero-order valence-electron chi connectivity index (χ0n) is 12.8. The third-order valence-electron chi connectivity index (χ3n) is 3.85. The van der Waals surface area contributed by atoms with E-state index in [9.17, 15) is 13.2 Å². The van der Waals surface area contributed by atoms with E-state index in [0.717, 1.165) is 5.69 Å². The first-order chi connectivity index (χ1) is 10.9. The molecule has 2 aromatic rings. The molecule has 2 heterocycles. The Hall–Kier alpha value is -2.19. The zero-order chi connectivity index (χ0) is 16.4. The van der Waals surface area contributed by atoms with E-state index in [-0.39, 0.29) is 5.91 Å². The molecule has 1 aromatic heterocycles. The molecule has 0 saturated carbocycles. The van der Waals surface area contributed by atoms with E-state index in [2.05, 4.69) is 5.10 Å². The van der Waals surface area contributed by atoms with Gasteiger partial charge in [-0.15, -0.1) is 0 Å². The second-order valence-corrected chi connectivity index (χ2v) is 7.45. The Morgan fingerprint density at radius 2 is 1.74 bits per heavy atom. The molecule has 7 nitrogen and oxygen atoms in total. The molecule has 0 atom stereocenters. The largest absolute Gasteiger partial charge is 0.336 e. The predicted octanol–water partition coefficient (Wildman–Crippen LogP) is 0.590. The molecular formula is C15H18N4O3S. The van der Waals surface area contributed by atoms with E-state index < -0.39 is 10.0 Å². The minimum absolute atomic E-state index is 0.125. The molecule has 1 aliphatic rings. The summed E-state index contributed by atoms with van der Waals surface area (Å²) in [6.45, 7) is 1.44. The summed E-state index contributed by atoms with van der Waals surface area (Å²) < 4.78 is 26.1. The van der Waals surface area contributed by atoms with E-state index in [1.165, 1.54) is 16.8 Å². The molecule has 1 fully saturated rings. The van der Waals surface area contributed by atoms with Crippen LogP contribution in [0.15, 0.2) is 42.7 Å². The fourth-order valence-electron chi connectivity index (χ4n) is 2.56. The molecule has 122 valence electrons. The van der Waals surface area contributed by atoms with Gasteiger partial charge in [-0.25, -0.2) is 13.1 Å². The fraction of sp³-hybridized carbons (Fsp3) is 0.333. The van der Waals surface area contributed by atoms with Crippen LogP contribution in [-0.2, 0) is 10.0 Å². The molecule has 1 aromatic carbocycles. The Morgan fingerprint density at radius 1 is 1.09 bits per heavy atom. The number of carbonyl (C=O) groups excluding carboxylic acids is 1. The summed E-state index contributed by atoms with van der Waals surface area (Å²) in [5, 5.41) is 4.22. The van der Waals surface area contributed by atoms with Crippen LogP contribution in [0.3, 0.4) is 0 Å². The number of piperazine rings is 1. The number of rotatable bonds is 3. The molecule has 0 bridgehead atoms. The molecule has 1 aliphatic heterocycles. The summed E-state index contributed by atoms with van der Waals surface area (Å²) in [6.07, 6.45) is 4.42. The maximum absolute atomic E-state index is 12.5. The standard InChI is InChI=1S/C15H18N4O3S/c1-23(21,22)18-9-7-17(8-10-18)15(20)13-11-16-19(12-13)14-5-3-2-4-6-14/h2-6,11-12H,7-10H2,1H3. The van der Waals surface area contributed by atoms with Crippen molar-refractivity contribution in [3.8, 4) is 5.69 Å². The summed E-state index contributed by atoms with van der Waals surface area (Å²) in [5.41, 5.74) is 1.38. The first-order valence-corrected chi connectivity index (χ1v) is 9.14. The lowest BCUT2D eigenvalue weighted by Crippen LogP contribution is -2.50. The number of hydrogen-bond donors (Lipinski definition) is 0. The van der Waals surface area contributed by atoms with Gasteiger partial charge in [0, 0.05) is 32.4 Å². The topological polar surface area (TPSA) is 75.5 Å². The second kappa shape index (κ2) is 6.13. The van der Waals surface area contributed by atoms with Crippen LogP contribution < -0.4 is 0 Å². The van der Waals surface area contributed by atoms with E-state index in [1.54, 1.807) is 15.8 Å². The van der Waals surface area contributed by atoms with Gasteiger partial charge < -0.3 is 4.90 Å². The third kappa shape index (κ3) is 3.43. The number of sulfonamides is 1. The molecular weight excluding hydrogens is 316 g/mol. The number of amides is 1. The average molecular weight is 334 g/mol. The summed E-state index contributed by atoms with van der Waals surface area (Å²) in [5.74, 6) is -0.125. The van der Waals surface area contributed by atoms with Crippen LogP contribution in [0.2, 0.25) is 0 Å².